The van der Waals surface area contributed by atoms with E-state index in [-0.39, 0.29) is 5.56 Å². The maximum atomic E-state index is 12.6. The van der Waals surface area contributed by atoms with Gasteiger partial charge in [-0.1, -0.05) is 43.7 Å². The Hall–Kier alpha value is -1.48. The number of hydrogen-bond acceptors (Lipinski definition) is 2. The summed E-state index contributed by atoms with van der Waals surface area (Å²) in [6.45, 7) is 9.17. The summed E-state index contributed by atoms with van der Waals surface area (Å²) < 4.78 is 1.90. The van der Waals surface area contributed by atoms with Gasteiger partial charge in [0, 0.05) is 23.4 Å². The number of aromatic nitrogens is 1. The third-order valence-electron chi connectivity index (χ3n) is 3.63. The Morgan fingerprint density at radius 2 is 1.86 bits per heavy atom. The van der Waals surface area contributed by atoms with Gasteiger partial charge in [0.05, 0.1) is 5.69 Å². The summed E-state index contributed by atoms with van der Waals surface area (Å²) in [4.78, 5) is 12.6. The molecule has 2 aromatic rings. The number of pyridine rings is 1. The first-order valence-electron chi connectivity index (χ1n) is 7.35. The first-order valence-corrected chi connectivity index (χ1v) is 7.98. The molecule has 2 nitrogen and oxygen atoms in total. The molecule has 0 unspecified atom stereocenters. The third-order valence-corrected chi connectivity index (χ3v) is 3.97. The van der Waals surface area contributed by atoms with E-state index in [2.05, 4.69) is 58.5 Å². The van der Waals surface area contributed by atoms with Crippen molar-refractivity contribution in [2.45, 2.75) is 40.0 Å². The minimum absolute atomic E-state index is 0.0798. The zero-order valence-corrected chi connectivity index (χ0v) is 14.1. The van der Waals surface area contributed by atoms with Gasteiger partial charge in [-0.05, 0) is 31.4 Å². The molecule has 0 aliphatic carbocycles. The molecule has 0 saturated carbocycles. The van der Waals surface area contributed by atoms with Gasteiger partial charge in [-0.3, -0.25) is 4.79 Å². The average molecular weight is 301 g/mol. The quantitative estimate of drug-likeness (QED) is 0.839. The fourth-order valence-corrected chi connectivity index (χ4v) is 2.87. The van der Waals surface area contributed by atoms with Crippen molar-refractivity contribution < 1.29 is 0 Å². The standard InChI is InChI=1S/C18H23NOS/c1-12(2)10-19-17(8-6-15(11-21)18(19)20)16-7-5-13(3)9-14(16)4/h5-9,12,21H,10-11H2,1-4H3. The molecule has 0 fully saturated rings. The zero-order valence-electron chi connectivity index (χ0n) is 13.2. The fraction of sp³-hybridized carbons (Fsp3) is 0.389. The van der Waals surface area contributed by atoms with Gasteiger partial charge in [-0.15, -0.1) is 0 Å². The Morgan fingerprint density at radius 3 is 2.43 bits per heavy atom. The van der Waals surface area contributed by atoms with Crippen LogP contribution in [0.15, 0.2) is 35.1 Å². The summed E-state index contributed by atoms with van der Waals surface area (Å²) in [5, 5.41) is 0. The van der Waals surface area contributed by atoms with Crippen molar-refractivity contribution >= 4 is 12.6 Å². The molecular weight excluding hydrogens is 278 g/mol. The first-order chi connectivity index (χ1) is 9.93. The van der Waals surface area contributed by atoms with Crippen LogP contribution in [-0.4, -0.2) is 4.57 Å². The van der Waals surface area contributed by atoms with Crippen LogP contribution < -0.4 is 5.56 Å². The van der Waals surface area contributed by atoms with E-state index in [4.69, 9.17) is 0 Å². The Morgan fingerprint density at radius 1 is 1.14 bits per heavy atom. The number of nitrogens with zero attached hydrogens (tertiary/aromatic N) is 1. The van der Waals surface area contributed by atoms with Crippen molar-refractivity contribution in [3.63, 3.8) is 0 Å². The second-order valence-corrected chi connectivity index (χ2v) is 6.35. The van der Waals surface area contributed by atoms with Crippen LogP contribution in [-0.2, 0) is 12.3 Å². The largest absolute Gasteiger partial charge is 0.308 e. The molecule has 0 saturated heterocycles. The van der Waals surface area contributed by atoms with Crippen LogP contribution in [0.1, 0.15) is 30.5 Å². The smallest absolute Gasteiger partial charge is 0.255 e. The summed E-state index contributed by atoms with van der Waals surface area (Å²) in [6, 6.07) is 10.3. The topological polar surface area (TPSA) is 22.0 Å². The van der Waals surface area contributed by atoms with E-state index < -0.39 is 0 Å². The van der Waals surface area contributed by atoms with E-state index in [1.165, 1.54) is 11.1 Å². The molecule has 112 valence electrons. The molecule has 0 radical (unpaired) electrons. The molecule has 0 amide bonds. The molecule has 0 aliphatic rings. The van der Waals surface area contributed by atoms with Gasteiger partial charge in [0.25, 0.3) is 5.56 Å². The number of aryl methyl sites for hydroxylation is 2. The molecule has 1 aromatic carbocycles. The summed E-state index contributed by atoms with van der Waals surface area (Å²) in [5.74, 6) is 0.895. The highest BCUT2D eigenvalue weighted by atomic mass is 32.1. The van der Waals surface area contributed by atoms with Gasteiger partial charge < -0.3 is 4.57 Å². The molecule has 21 heavy (non-hydrogen) atoms. The van der Waals surface area contributed by atoms with Crippen LogP contribution in [0, 0.1) is 19.8 Å². The summed E-state index contributed by atoms with van der Waals surface area (Å²) in [5.41, 5.74) is 5.40. The third kappa shape index (κ3) is 3.41. The van der Waals surface area contributed by atoms with E-state index >= 15 is 0 Å². The van der Waals surface area contributed by atoms with Crippen molar-refractivity contribution in [2.24, 2.45) is 5.92 Å². The van der Waals surface area contributed by atoms with Gasteiger partial charge in [-0.25, -0.2) is 0 Å². The monoisotopic (exact) mass is 301 g/mol. The van der Waals surface area contributed by atoms with Gasteiger partial charge in [0.1, 0.15) is 0 Å². The van der Waals surface area contributed by atoms with Crippen molar-refractivity contribution in [1.82, 2.24) is 4.57 Å². The highest BCUT2D eigenvalue weighted by Gasteiger charge is 2.12. The first kappa shape index (κ1) is 15.9. The lowest BCUT2D eigenvalue weighted by atomic mass is 10.0. The Bertz CT molecular complexity index is 701. The van der Waals surface area contributed by atoms with Crippen LogP contribution in [0.5, 0.6) is 0 Å². The maximum absolute atomic E-state index is 12.6. The van der Waals surface area contributed by atoms with E-state index in [9.17, 15) is 4.79 Å². The van der Waals surface area contributed by atoms with Crippen LogP contribution in [0.4, 0.5) is 0 Å². The molecule has 0 N–H and O–H groups in total. The number of benzene rings is 1. The van der Waals surface area contributed by atoms with Crippen molar-refractivity contribution in [1.29, 1.82) is 0 Å². The van der Waals surface area contributed by atoms with Gasteiger partial charge >= 0.3 is 0 Å². The Labute approximate surface area is 132 Å². The number of hydrogen-bond donors (Lipinski definition) is 1. The van der Waals surface area contributed by atoms with Crippen LogP contribution in [0.3, 0.4) is 0 Å². The van der Waals surface area contributed by atoms with Gasteiger partial charge in [0.15, 0.2) is 0 Å². The average Bonchev–Trinajstić information content (AvgIpc) is 2.41. The van der Waals surface area contributed by atoms with E-state index in [0.29, 0.717) is 11.7 Å². The molecule has 3 heteroatoms. The molecule has 0 bridgehead atoms. The Balaban J connectivity index is 2.67. The predicted molar refractivity (Wildman–Crippen MR) is 93.1 cm³/mol. The van der Waals surface area contributed by atoms with Crippen LogP contribution in [0.25, 0.3) is 11.3 Å². The minimum atomic E-state index is 0.0798. The molecule has 0 atom stereocenters. The summed E-state index contributed by atoms with van der Waals surface area (Å²) in [6.07, 6.45) is 0. The molecular formula is C18H23NOS. The maximum Gasteiger partial charge on any atom is 0.255 e. The van der Waals surface area contributed by atoms with Crippen LogP contribution >= 0.6 is 12.6 Å². The van der Waals surface area contributed by atoms with Crippen LogP contribution in [0.2, 0.25) is 0 Å². The van der Waals surface area contributed by atoms with E-state index in [0.717, 1.165) is 23.4 Å². The molecule has 0 aliphatic heterocycles. The Kier molecular flexibility index (Phi) is 4.94. The SMILES string of the molecule is Cc1ccc(-c2ccc(CS)c(=O)n2CC(C)C)c(C)c1. The lowest BCUT2D eigenvalue weighted by Crippen LogP contribution is -2.26. The highest BCUT2D eigenvalue weighted by Crippen LogP contribution is 2.24. The highest BCUT2D eigenvalue weighted by molar-refractivity contribution is 7.79. The van der Waals surface area contributed by atoms with E-state index in [1.54, 1.807) is 0 Å². The predicted octanol–water partition coefficient (Wildman–Crippen LogP) is 4.22. The van der Waals surface area contributed by atoms with Crippen molar-refractivity contribution in [2.75, 3.05) is 0 Å². The number of rotatable bonds is 4. The second-order valence-electron chi connectivity index (χ2n) is 6.03. The molecule has 2 rings (SSSR count). The zero-order chi connectivity index (χ0) is 15.6. The molecule has 0 spiro atoms. The van der Waals surface area contributed by atoms with Gasteiger partial charge in [-0.2, -0.15) is 12.6 Å². The summed E-state index contributed by atoms with van der Waals surface area (Å²) in [7, 11) is 0. The van der Waals surface area contributed by atoms with Crippen molar-refractivity contribution in [3.8, 4) is 11.3 Å². The lowest BCUT2D eigenvalue weighted by molar-refractivity contribution is 0.513. The summed E-state index contributed by atoms with van der Waals surface area (Å²) >= 11 is 4.26. The second kappa shape index (κ2) is 6.52. The lowest BCUT2D eigenvalue weighted by Gasteiger charge is -2.18. The minimum Gasteiger partial charge on any atom is -0.308 e. The fourth-order valence-electron chi connectivity index (χ4n) is 2.63. The molecule has 1 aromatic heterocycles. The molecule has 1 heterocycles. The van der Waals surface area contributed by atoms with Crippen molar-refractivity contribution in [3.05, 3.63) is 57.4 Å². The van der Waals surface area contributed by atoms with Gasteiger partial charge in [0.2, 0.25) is 0 Å². The number of thiol groups is 1. The normalized spacial score (nSPS) is 11.1. The van der Waals surface area contributed by atoms with E-state index in [1.807, 2.05) is 16.7 Å².